The molecule has 1 aromatic carbocycles. The van der Waals surface area contributed by atoms with Crippen LogP contribution in [0.15, 0.2) is 30.4 Å². The molecule has 0 radical (unpaired) electrons. The largest absolute Gasteiger partial charge is 0.481 e. The molecule has 2 amide bonds. The first-order valence-corrected chi connectivity index (χ1v) is 8.57. The first-order chi connectivity index (χ1) is 12.0. The van der Waals surface area contributed by atoms with Crippen LogP contribution in [-0.4, -0.2) is 29.4 Å². The van der Waals surface area contributed by atoms with Gasteiger partial charge in [0.05, 0.1) is 11.8 Å². The normalized spacial score (nSPS) is 22.9. The molecule has 2 N–H and O–H groups in total. The van der Waals surface area contributed by atoms with E-state index in [0.29, 0.717) is 31.5 Å². The lowest BCUT2D eigenvalue weighted by molar-refractivity contribution is -0.146. The molecule has 2 atom stereocenters. The Morgan fingerprint density at radius 3 is 2.56 bits per heavy atom. The zero-order chi connectivity index (χ0) is 18.0. The van der Waals surface area contributed by atoms with E-state index in [-0.39, 0.29) is 11.8 Å². The molecule has 6 heteroatoms. The van der Waals surface area contributed by atoms with E-state index in [4.69, 9.17) is 0 Å². The molecule has 1 fully saturated rings. The average molecular weight is 342 g/mol. The van der Waals surface area contributed by atoms with Crippen LogP contribution in [0.2, 0.25) is 0 Å². The molecule has 0 aromatic heterocycles. The Labute approximate surface area is 146 Å². The zero-order valence-electron chi connectivity index (χ0n) is 14.2. The van der Waals surface area contributed by atoms with Crippen molar-refractivity contribution in [3.05, 3.63) is 35.9 Å². The summed E-state index contributed by atoms with van der Waals surface area (Å²) in [5.41, 5.74) is 2.25. The maximum absolute atomic E-state index is 12.6. The fourth-order valence-corrected chi connectivity index (χ4v) is 3.56. The molecule has 2 aliphatic rings. The lowest BCUT2D eigenvalue weighted by atomic mass is 9.82. The molecule has 25 heavy (non-hydrogen) atoms. The summed E-state index contributed by atoms with van der Waals surface area (Å²) in [6.07, 6.45) is 5.85. The molecule has 0 unspecified atom stereocenters. The Morgan fingerprint density at radius 1 is 1.20 bits per heavy atom. The third-order valence-electron chi connectivity index (χ3n) is 5.01. The van der Waals surface area contributed by atoms with Crippen molar-refractivity contribution in [2.45, 2.75) is 32.6 Å². The number of anilines is 2. The van der Waals surface area contributed by atoms with Crippen molar-refractivity contribution in [1.82, 2.24) is 0 Å². The summed E-state index contributed by atoms with van der Waals surface area (Å²) in [5, 5.41) is 12.2. The van der Waals surface area contributed by atoms with Crippen molar-refractivity contribution in [1.29, 1.82) is 0 Å². The minimum Gasteiger partial charge on any atom is -0.481 e. The quantitative estimate of drug-likeness (QED) is 0.824. The molecule has 132 valence electrons. The molecule has 1 heterocycles. The third-order valence-corrected chi connectivity index (χ3v) is 5.01. The van der Waals surface area contributed by atoms with Gasteiger partial charge in [-0.15, -0.1) is 0 Å². The number of rotatable bonds is 4. The maximum atomic E-state index is 12.6. The predicted molar refractivity (Wildman–Crippen MR) is 94.4 cm³/mol. The highest BCUT2D eigenvalue weighted by atomic mass is 16.4. The lowest BCUT2D eigenvalue weighted by Crippen LogP contribution is -2.35. The number of allylic oxidation sites excluding steroid dienone is 2. The zero-order valence-corrected chi connectivity index (χ0v) is 14.2. The van der Waals surface area contributed by atoms with Crippen LogP contribution in [-0.2, 0) is 14.4 Å². The van der Waals surface area contributed by atoms with Gasteiger partial charge in [0.2, 0.25) is 11.8 Å². The smallest absolute Gasteiger partial charge is 0.307 e. The predicted octanol–water partition coefficient (Wildman–Crippen LogP) is 2.73. The number of hydrogen-bond acceptors (Lipinski definition) is 3. The van der Waals surface area contributed by atoms with E-state index < -0.39 is 17.8 Å². The fourth-order valence-electron chi connectivity index (χ4n) is 3.56. The topological polar surface area (TPSA) is 86.7 Å². The van der Waals surface area contributed by atoms with Crippen LogP contribution in [0.3, 0.4) is 0 Å². The number of nitrogens with one attached hydrogen (secondary N) is 1. The molecule has 1 saturated heterocycles. The molecule has 0 bridgehead atoms. The molecular formula is C19H22N2O4. The fraction of sp³-hybridized carbons (Fsp3) is 0.421. The molecule has 1 aliphatic carbocycles. The van der Waals surface area contributed by atoms with Crippen molar-refractivity contribution in [2.75, 3.05) is 16.8 Å². The van der Waals surface area contributed by atoms with Gasteiger partial charge in [0.15, 0.2) is 0 Å². The molecule has 3 rings (SSSR count). The van der Waals surface area contributed by atoms with Gasteiger partial charge in [-0.05, 0) is 43.9 Å². The van der Waals surface area contributed by atoms with Gasteiger partial charge in [-0.3, -0.25) is 14.4 Å². The van der Waals surface area contributed by atoms with Gasteiger partial charge >= 0.3 is 5.97 Å². The van der Waals surface area contributed by atoms with Gasteiger partial charge in [-0.1, -0.05) is 18.2 Å². The number of aliphatic carboxylic acids is 1. The van der Waals surface area contributed by atoms with Gasteiger partial charge in [0, 0.05) is 24.3 Å². The molecular weight excluding hydrogens is 320 g/mol. The van der Waals surface area contributed by atoms with Crippen molar-refractivity contribution in [2.24, 2.45) is 11.8 Å². The van der Waals surface area contributed by atoms with Gasteiger partial charge in [-0.2, -0.15) is 0 Å². The van der Waals surface area contributed by atoms with Crippen LogP contribution in [0, 0.1) is 18.8 Å². The van der Waals surface area contributed by atoms with Gasteiger partial charge < -0.3 is 15.3 Å². The maximum Gasteiger partial charge on any atom is 0.307 e. The summed E-state index contributed by atoms with van der Waals surface area (Å²) in [7, 11) is 0. The van der Waals surface area contributed by atoms with E-state index in [1.54, 1.807) is 17.0 Å². The van der Waals surface area contributed by atoms with Crippen LogP contribution in [0.1, 0.15) is 31.2 Å². The molecule has 1 aliphatic heterocycles. The Kier molecular flexibility index (Phi) is 4.88. The van der Waals surface area contributed by atoms with Crippen molar-refractivity contribution in [3.63, 3.8) is 0 Å². The molecule has 6 nitrogen and oxygen atoms in total. The number of carbonyl (C=O) groups excluding carboxylic acids is 2. The van der Waals surface area contributed by atoms with E-state index >= 15 is 0 Å². The second-order valence-electron chi connectivity index (χ2n) is 6.58. The first-order valence-electron chi connectivity index (χ1n) is 8.57. The van der Waals surface area contributed by atoms with Crippen LogP contribution < -0.4 is 10.2 Å². The number of nitrogens with zero attached hydrogens (tertiary/aromatic N) is 1. The van der Waals surface area contributed by atoms with E-state index in [1.165, 1.54) is 0 Å². The Bertz CT molecular complexity index is 741. The average Bonchev–Trinajstić information content (AvgIpc) is 3.02. The number of carboxylic acid groups (broad SMARTS) is 1. The van der Waals surface area contributed by atoms with E-state index in [0.717, 1.165) is 17.7 Å². The minimum atomic E-state index is -0.947. The minimum absolute atomic E-state index is 0.0925. The summed E-state index contributed by atoms with van der Waals surface area (Å²) >= 11 is 0. The van der Waals surface area contributed by atoms with Crippen LogP contribution in [0.4, 0.5) is 11.4 Å². The number of hydrogen-bond donors (Lipinski definition) is 2. The SMILES string of the molecule is Cc1c(NC(=O)[C@H]2CC=CC[C@H]2C(=O)O)cccc1N1CCCC1=O. The first kappa shape index (κ1) is 17.2. The second-order valence-corrected chi connectivity index (χ2v) is 6.58. The molecule has 0 spiro atoms. The van der Waals surface area contributed by atoms with Gasteiger partial charge in [0.1, 0.15) is 0 Å². The highest BCUT2D eigenvalue weighted by molar-refractivity contribution is 5.99. The summed E-state index contributed by atoms with van der Waals surface area (Å²) in [6.45, 7) is 2.55. The van der Waals surface area contributed by atoms with Crippen LogP contribution in [0.5, 0.6) is 0 Å². The van der Waals surface area contributed by atoms with E-state index in [2.05, 4.69) is 5.32 Å². The number of carboxylic acids is 1. The Hall–Kier alpha value is -2.63. The monoisotopic (exact) mass is 342 g/mol. The molecule has 0 saturated carbocycles. The Morgan fingerprint density at radius 2 is 1.92 bits per heavy atom. The highest BCUT2D eigenvalue weighted by Gasteiger charge is 2.34. The van der Waals surface area contributed by atoms with E-state index in [1.807, 2.05) is 25.1 Å². The van der Waals surface area contributed by atoms with Gasteiger partial charge in [0.25, 0.3) is 0 Å². The van der Waals surface area contributed by atoms with Crippen LogP contribution >= 0.6 is 0 Å². The summed E-state index contributed by atoms with van der Waals surface area (Å²) in [5.74, 6) is -2.43. The highest BCUT2D eigenvalue weighted by Crippen LogP contribution is 2.32. The van der Waals surface area contributed by atoms with E-state index in [9.17, 15) is 19.5 Å². The summed E-state index contributed by atoms with van der Waals surface area (Å²) < 4.78 is 0. The van der Waals surface area contributed by atoms with Crippen molar-refractivity contribution in [3.8, 4) is 0 Å². The number of benzene rings is 1. The third kappa shape index (κ3) is 3.43. The Balaban J connectivity index is 1.81. The van der Waals surface area contributed by atoms with Crippen LogP contribution in [0.25, 0.3) is 0 Å². The standard InChI is InChI=1S/C19H22N2O4/c1-12-15(8-4-9-16(12)21-11-5-10-17(21)22)20-18(23)13-6-2-3-7-14(13)19(24)25/h2-4,8-9,13-14H,5-7,10-11H2,1H3,(H,20,23)(H,24,25)/t13-,14+/m0/s1. The van der Waals surface area contributed by atoms with Crippen molar-refractivity contribution < 1.29 is 19.5 Å². The van der Waals surface area contributed by atoms with Crippen molar-refractivity contribution >= 4 is 29.2 Å². The lowest BCUT2D eigenvalue weighted by Gasteiger charge is -2.25. The number of amides is 2. The second kappa shape index (κ2) is 7.09. The molecule has 1 aromatic rings. The number of carbonyl (C=O) groups is 3. The van der Waals surface area contributed by atoms with Gasteiger partial charge in [-0.25, -0.2) is 0 Å². The summed E-state index contributed by atoms with van der Waals surface area (Å²) in [4.78, 5) is 37.8. The summed E-state index contributed by atoms with van der Waals surface area (Å²) in [6, 6.07) is 5.46.